The molecule has 3 heterocycles. The monoisotopic (exact) mass is 400 g/mol. The van der Waals surface area contributed by atoms with Crippen LogP contribution in [-0.4, -0.2) is 19.5 Å². The molecule has 0 aliphatic carbocycles. The third kappa shape index (κ3) is 3.97. The second-order valence-electron chi connectivity index (χ2n) is 6.70. The molecule has 0 aliphatic rings. The molecule has 0 atom stereocenters. The SMILES string of the molecule is Cc1ccccc1Nc1ncc(-c2ccc(Oc3ccnc(N)c3)cn2)c(=O)n1C. The first kappa shape index (κ1) is 19.1. The van der Waals surface area contributed by atoms with E-state index in [2.05, 4.69) is 20.3 Å². The molecular formula is C22H20N6O2. The Labute approximate surface area is 173 Å². The van der Waals surface area contributed by atoms with Gasteiger partial charge in [-0.2, -0.15) is 0 Å². The van der Waals surface area contributed by atoms with Crippen LogP contribution in [0.25, 0.3) is 11.3 Å². The van der Waals surface area contributed by atoms with Crippen molar-refractivity contribution in [2.75, 3.05) is 11.1 Å². The van der Waals surface area contributed by atoms with Gasteiger partial charge in [-0.25, -0.2) is 9.97 Å². The molecule has 4 aromatic rings. The van der Waals surface area contributed by atoms with E-state index in [9.17, 15) is 4.79 Å². The van der Waals surface area contributed by atoms with E-state index in [0.29, 0.717) is 34.5 Å². The van der Waals surface area contributed by atoms with Gasteiger partial charge in [0.1, 0.15) is 17.3 Å². The zero-order valence-electron chi connectivity index (χ0n) is 16.5. The van der Waals surface area contributed by atoms with Gasteiger partial charge in [-0.15, -0.1) is 0 Å². The first-order valence-electron chi connectivity index (χ1n) is 9.26. The minimum atomic E-state index is -0.204. The Morgan fingerprint density at radius 2 is 1.83 bits per heavy atom. The van der Waals surface area contributed by atoms with Gasteiger partial charge in [0.2, 0.25) is 5.95 Å². The van der Waals surface area contributed by atoms with Crippen LogP contribution in [0.15, 0.2) is 71.9 Å². The maximum Gasteiger partial charge on any atom is 0.264 e. The van der Waals surface area contributed by atoms with Crippen LogP contribution >= 0.6 is 0 Å². The van der Waals surface area contributed by atoms with Gasteiger partial charge in [0.25, 0.3) is 5.56 Å². The number of rotatable bonds is 5. The second-order valence-corrected chi connectivity index (χ2v) is 6.70. The van der Waals surface area contributed by atoms with Gasteiger partial charge >= 0.3 is 0 Å². The van der Waals surface area contributed by atoms with Crippen molar-refractivity contribution >= 4 is 17.5 Å². The third-order valence-corrected chi connectivity index (χ3v) is 4.56. The molecule has 3 aromatic heterocycles. The molecule has 30 heavy (non-hydrogen) atoms. The predicted octanol–water partition coefficient (Wildman–Crippen LogP) is 3.66. The highest BCUT2D eigenvalue weighted by Gasteiger charge is 2.12. The van der Waals surface area contributed by atoms with Crippen LogP contribution in [-0.2, 0) is 7.05 Å². The number of hydrogen-bond donors (Lipinski definition) is 2. The van der Waals surface area contributed by atoms with Crippen molar-refractivity contribution in [3.63, 3.8) is 0 Å². The van der Waals surface area contributed by atoms with Gasteiger partial charge < -0.3 is 15.8 Å². The van der Waals surface area contributed by atoms with Gasteiger partial charge in [0.05, 0.1) is 17.5 Å². The Bertz CT molecular complexity index is 1250. The van der Waals surface area contributed by atoms with Gasteiger partial charge in [-0.1, -0.05) is 18.2 Å². The van der Waals surface area contributed by atoms with Crippen molar-refractivity contribution in [3.8, 4) is 22.8 Å². The fourth-order valence-electron chi connectivity index (χ4n) is 2.90. The molecule has 0 spiro atoms. The lowest BCUT2D eigenvalue weighted by molar-refractivity contribution is 0.480. The molecule has 8 heteroatoms. The summed E-state index contributed by atoms with van der Waals surface area (Å²) in [4.78, 5) is 25.6. The molecule has 150 valence electrons. The molecule has 0 radical (unpaired) electrons. The van der Waals surface area contributed by atoms with Crippen molar-refractivity contribution < 1.29 is 4.74 Å². The molecule has 0 fully saturated rings. The fourth-order valence-corrected chi connectivity index (χ4v) is 2.90. The average molecular weight is 400 g/mol. The highest BCUT2D eigenvalue weighted by molar-refractivity contribution is 5.61. The molecule has 0 unspecified atom stereocenters. The van der Waals surface area contributed by atoms with Crippen molar-refractivity contribution in [1.29, 1.82) is 0 Å². The lowest BCUT2D eigenvalue weighted by Crippen LogP contribution is -2.22. The Morgan fingerprint density at radius 1 is 1.00 bits per heavy atom. The highest BCUT2D eigenvalue weighted by Crippen LogP contribution is 2.24. The molecule has 8 nitrogen and oxygen atoms in total. The number of benzene rings is 1. The van der Waals surface area contributed by atoms with E-state index in [1.807, 2.05) is 31.2 Å². The van der Waals surface area contributed by atoms with Crippen LogP contribution < -0.4 is 21.3 Å². The summed E-state index contributed by atoms with van der Waals surface area (Å²) in [5.41, 5.74) is 8.31. The number of nitrogen functional groups attached to an aromatic ring is 1. The Hall–Kier alpha value is -4.20. The number of nitrogens with two attached hydrogens (primary N) is 1. The lowest BCUT2D eigenvalue weighted by atomic mass is 10.2. The molecule has 3 N–H and O–H groups in total. The normalized spacial score (nSPS) is 10.6. The fraction of sp³-hybridized carbons (Fsp3) is 0.0909. The number of ether oxygens (including phenoxy) is 1. The maximum atomic E-state index is 12.9. The van der Waals surface area contributed by atoms with E-state index in [-0.39, 0.29) is 5.56 Å². The second kappa shape index (κ2) is 8.04. The summed E-state index contributed by atoms with van der Waals surface area (Å²) in [7, 11) is 1.67. The number of nitrogens with zero attached hydrogens (tertiary/aromatic N) is 4. The number of aryl methyl sites for hydroxylation is 1. The standard InChI is InChI=1S/C22H20N6O2/c1-14-5-3-4-6-18(14)27-22-26-13-17(21(29)28(22)2)19-8-7-16(12-25-19)30-15-9-10-24-20(23)11-15/h3-13H,1-2H3,(H2,23,24)(H,26,27). The number of nitrogens with one attached hydrogen (secondary N) is 1. The van der Waals surface area contributed by atoms with Crippen molar-refractivity contribution in [3.05, 3.63) is 83.0 Å². The summed E-state index contributed by atoms with van der Waals surface area (Å²) in [6, 6.07) is 14.6. The molecule has 0 aliphatic heterocycles. The molecule has 0 amide bonds. The summed E-state index contributed by atoms with van der Waals surface area (Å²) < 4.78 is 7.18. The Balaban J connectivity index is 1.57. The van der Waals surface area contributed by atoms with E-state index in [4.69, 9.17) is 10.5 Å². The third-order valence-electron chi connectivity index (χ3n) is 4.56. The molecule has 0 saturated heterocycles. The minimum absolute atomic E-state index is 0.204. The number of para-hydroxylation sites is 1. The molecule has 0 bridgehead atoms. The quantitative estimate of drug-likeness (QED) is 0.526. The Morgan fingerprint density at radius 3 is 2.57 bits per heavy atom. The molecular weight excluding hydrogens is 380 g/mol. The van der Waals surface area contributed by atoms with Crippen LogP contribution in [0, 0.1) is 6.92 Å². The van der Waals surface area contributed by atoms with Crippen LogP contribution in [0.5, 0.6) is 11.5 Å². The van der Waals surface area contributed by atoms with E-state index in [1.165, 1.54) is 10.8 Å². The van der Waals surface area contributed by atoms with E-state index in [0.717, 1.165) is 11.3 Å². The van der Waals surface area contributed by atoms with Gasteiger partial charge in [-0.3, -0.25) is 14.3 Å². The van der Waals surface area contributed by atoms with Crippen LogP contribution in [0.3, 0.4) is 0 Å². The first-order valence-corrected chi connectivity index (χ1v) is 9.26. The van der Waals surface area contributed by atoms with Crippen molar-refractivity contribution in [1.82, 2.24) is 19.5 Å². The lowest BCUT2D eigenvalue weighted by Gasteiger charge is -2.13. The summed E-state index contributed by atoms with van der Waals surface area (Å²) in [6.45, 7) is 1.99. The highest BCUT2D eigenvalue weighted by atomic mass is 16.5. The van der Waals surface area contributed by atoms with Crippen LogP contribution in [0.2, 0.25) is 0 Å². The molecule has 0 saturated carbocycles. The average Bonchev–Trinajstić information content (AvgIpc) is 2.74. The van der Waals surface area contributed by atoms with E-state index < -0.39 is 0 Å². The smallest absolute Gasteiger partial charge is 0.264 e. The Kier molecular flexibility index (Phi) is 5.13. The summed E-state index contributed by atoms with van der Waals surface area (Å²) in [5, 5.41) is 3.20. The van der Waals surface area contributed by atoms with Gasteiger partial charge in [0, 0.05) is 31.2 Å². The topological polar surface area (TPSA) is 108 Å². The van der Waals surface area contributed by atoms with Crippen LogP contribution in [0.1, 0.15) is 5.56 Å². The largest absolute Gasteiger partial charge is 0.456 e. The minimum Gasteiger partial charge on any atom is -0.456 e. The zero-order chi connectivity index (χ0) is 21.1. The maximum absolute atomic E-state index is 12.9. The van der Waals surface area contributed by atoms with Crippen molar-refractivity contribution in [2.45, 2.75) is 6.92 Å². The van der Waals surface area contributed by atoms with Crippen molar-refractivity contribution in [2.24, 2.45) is 7.05 Å². The zero-order valence-corrected chi connectivity index (χ0v) is 16.5. The molecule has 4 rings (SSSR count). The van der Waals surface area contributed by atoms with Gasteiger partial charge in [-0.05, 0) is 36.8 Å². The van der Waals surface area contributed by atoms with E-state index in [1.54, 1.807) is 43.7 Å². The summed E-state index contributed by atoms with van der Waals surface area (Å²) in [6.07, 6.45) is 4.63. The first-order chi connectivity index (χ1) is 14.5. The molecule has 1 aromatic carbocycles. The summed E-state index contributed by atoms with van der Waals surface area (Å²) in [5.74, 6) is 1.90. The number of anilines is 3. The number of hydrogen-bond acceptors (Lipinski definition) is 7. The number of pyridine rings is 2. The predicted molar refractivity (Wildman–Crippen MR) is 116 cm³/mol. The van der Waals surface area contributed by atoms with Crippen LogP contribution in [0.4, 0.5) is 17.5 Å². The summed E-state index contributed by atoms with van der Waals surface area (Å²) >= 11 is 0. The van der Waals surface area contributed by atoms with Gasteiger partial charge in [0.15, 0.2) is 0 Å². The number of aromatic nitrogens is 4. The van der Waals surface area contributed by atoms with E-state index >= 15 is 0 Å².